The van der Waals surface area contributed by atoms with Gasteiger partial charge in [0.2, 0.25) is 0 Å². The summed E-state index contributed by atoms with van der Waals surface area (Å²) in [5.41, 5.74) is 7.78. The maximum absolute atomic E-state index is 13.4. The summed E-state index contributed by atoms with van der Waals surface area (Å²) in [6, 6.07) is 21.4. The zero-order chi connectivity index (χ0) is 21.5. The number of aryl methyl sites for hydroxylation is 2. The Hall–Kier alpha value is -3.46. The topological polar surface area (TPSA) is 15.6 Å². The maximum atomic E-state index is 13.4. The molecule has 0 unspecified atom stereocenters. The molecule has 0 aliphatic heterocycles. The van der Waals surface area contributed by atoms with Crippen molar-refractivity contribution in [3.63, 3.8) is 0 Å². The Labute approximate surface area is 178 Å². The predicted molar refractivity (Wildman–Crippen MR) is 127 cm³/mol. The number of allylic oxidation sites excluding steroid dienone is 2. The van der Waals surface area contributed by atoms with Crippen LogP contribution >= 0.6 is 0 Å². The van der Waals surface area contributed by atoms with E-state index in [1.54, 1.807) is 25.4 Å². The molecule has 0 spiro atoms. The van der Waals surface area contributed by atoms with E-state index in [4.69, 9.17) is 0 Å². The summed E-state index contributed by atoms with van der Waals surface area (Å²) in [5.74, 6) is -0.254. The number of aliphatic imine (C=N–C) groups is 1. The molecule has 0 aromatic heterocycles. The van der Waals surface area contributed by atoms with Crippen LogP contribution in [0, 0.1) is 19.7 Å². The van der Waals surface area contributed by atoms with Crippen LogP contribution in [0.2, 0.25) is 0 Å². The van der Waals surface area contributed by atoms with Crippen molar-refractivity contribution in [2.24, 2.45) is 4.99 Å². The highest BCUT2D eigenvalue weighted by Gasteiger charge is 2.12. The van der Waals surface area contributed by atoms with Crippen LogP contribution in [0.15, 0.2) is 90.6 Å². The second-order valence-electron chi connectivity index (χ2n) is 7.29. The lowest BCUT2D eigenvalue weighted by molar-refractivity contribution is 0.628. The largest absolute Gasteiger partial charge is 0.317 e. The molecule has 2 nitrogen and oxygen atoms in total. The molecular formula is C27H27FN2. The van der Waals surface area contributed by atoms with Gasteiger partial charge in [0.05, 0.1) is 0 Å². The van der Waals surface area contributed by atoms with Crippen molar-refractivity contribution < 1.29 is 4.39 Å². The van der Waals surface area contributed by atoms with Crippen LogP contribution in [0.25, 0.3) is 5.57 Å². The van der Waals surface area contributed by atoms with E-state index >= 15 is 0 Å². The van der Waals surface area contributed by atoms with Crippen LogP contribution in [0.3, 0.4) is 0 Å². The number of anilines is 2. The standard InChI is InChI=1S/C27H27FN2/c1-5-30(26-14-12-25(28)13-15-26)27-19-23(11-8-21(27)3)24(16-17-29-4)18-22-9-6-20(2)7-10-22/h5-17,19H,1,18H2,2-4H3/b24-16+,29-17?. The monoisotopic (exact) mass is 398 g/mol. The second kappa shape index (κ2) is 9.84. The molecule has 30 heavy (non-hydrogen) atoms. The van der Waals surface area contributed by atoms with E-state index in [2.05, 4.69) is 74.0 Å². The van der Waals surface area contributed by atoms with Gasteiger partial charge < -0.3 is 4.90 Å². The minimum atomic E-state index is -0.254. The summed E-state index contributed by atoms with van der Waals surface area (Å²) in [5, 5.41) is 0. The van der Waals surface area contributed by atoms with Crippen LogP contribution in [0.5, 0.6) is 0 Å². The molecule has 0 amide bonds. The lowest BCUT2D eigenvalue weighted by Crippen LogP contribution is -2.10. The number of halogens is 1. The molecule has 0 radical (unpaired) electrons. The van der Waals surface area contributed by atoms with Gasteiger partial charge in [-0.05, 0) is 78.9 Å². The van der Waals surface area contributed by atoms with Crippen LogP contribution in [-0.4, -0.2) is 13.3 Å². The van der Waals surface area contributed by atoms with Gasteiger partial charge in [0.15, 0.2) is 0 Å². The third kappa shape index (κ3) is 5.12. The number of benzene rings is 3. The fraction of sp³-hybridized carbons (Fsp3) is 0.148. The number of hydrogen-bond acceptors (Lipinski definition) is 2. The smallest absolute Gasteiger partial charge is 0.123 e. The summed E-state index contributed by atoms with van der Waals surface area (Å²) < 4.78 is 13.4. The molecule has 0 N–H and O–H groups in total. The summed E-state index contributed by atoms with van der Waals surface area (Å²) in [4.78, 5) is 6.12. The van der Waals surface area contributed by atoms with Gasteiger partial charge in [0.25, 0.3) is 0 Å². The van der Waals surface area contributed by atoms with Gasteiger partial charge in [0.1, 0.15) is 5.82 Å². The molecule has 152 valence electrons. The number of rotatable bonds is 7. The first kappa shape index (κ1) is 21.3. The SMILES string of the molecule is C=CN(c1ccc(F)cc1)c1cc(/C(=C/C=NC)Cc2ccc(C)cc2)ccc1C. The van der Waals surface area contributed by atoms with E-state index in [1.165, 1.54) is 28.8 Å². The Kier molecular flexibility index (Phi) is 6.97. The van der Waals surface area contributed by atoms with Crippen molar-refractivity contribution in [1.29, 1.82) is 0 Å². The first-order valence-corrected chi connectivity index (χ1v) is 9.97. The van der Waals surface area contributed by atoms with E-state index in [0.29, 0.717) is 0 Å². The quantitative estimate of drug-likeness (QED) is 0.389. The first-order valence-electron chi connectivity index (χ1n) is 9.97. The lowest BCUT2D eigenvalue weighted by atomic mass is 9.95. The molecule has 3 aromatic carbocycles. The summed E-state index contributed by atoms with van der Waals surface area (Å²) in [6.07, 6.45) is 6.45. The molecule has 0 aliphatic carbocycles. The van der Waals surface area contributed by atoms with E-state index in [-0.39, 0.29) is 5.82 Å². The second-order valence-corrected chi connectivity index (χ2v) is 7.29. The van der Waals surface area contributed by atoms with Crippen molar-refractivity contribution in [2.45, 2.75) is 20.3 Å². The van der Waals surface area contributed by atoms with Crippen LogP contribution in [-0.2, 0) is 6.42 Å². The molecule has 0 atom stereocenters. The highest BCUT2D eigenvalue weighted by atomic mass is 19.1. The summed E-state index contributed by atoms with van der Waals surface area (Å²) >= 11 is 0. The molecule has 0 saturated heterocycles. The van der Waals surface area contributed by atoms with Gasteiger partial charge in [-0.2, -0.15) is 0 Å². The Morgan fingerprint density at radius 2 is 1.70 bits per heavy atom. The highest BCUT2D eigenvalue weighted by Crippen LogP contribution is 2.32. The Morgan fingerprint density at radius 3 is 2.33 bits per heavy atom. The minimum Gasteiger partial charge on any atom is -0.317 e. The maximum Gasteiger partial charge on any atom is 0.123 e. The van der Waals surface area contributed by atoms with E-state index in [0.717, 1.165) is 28.9 Å². The normalized spacial score (nSPS) is 11.7. The summed E-state index contributed by atoms with van der Waals surface area (Å²) in [6.45, 7) is 8.13. The molecule has 0 saturated carbocycles. The average molecular weight is 399 g/mol. The zero-order valence-corrected chi connectivity index (χ0v) is 17.8. The van der Waals surface area contributed by atoms with Gasteiger partial charge in [-0.1, -0.05) is 48.5 Å². The van der Waals surface area contributed by atoms with E-state index < -0.39 is 0 Å². The predicted octanol–water partition coefficient (Wildman–Crippen LogP) is 7.05. The van der Waals surface area contributed by atoms with Gasteiger partial charge >= 0.3 is 0 Å². The Balaban J connectivity index is 2.02. The van der Waals surface area contributed by atoms with Gasteiger partial charge in [0, 0.05) is 30.8 Å². The molecular weight excluding hydrogens is 371 g/mol. The van der Waals surface area contributed by atoms with E-state index in [9.17, 15) is 4.39 Å². The third-order valence-electron chi connectivity index (χ3n) is 5.07. The Morgan fingerprint density at radius 1 is 1.00 bits per heavy atom. The van der Waals surface area contributed by atoms with Crippen molar-refractivity contribution in [3.05, 3.63) is 114 Å². The summed E-state index contributed by atoms with van der Waals surface area (Å²) in [7, 11) is 1.77. The number of nitrogens with zero attached hydrogens (tertiary/aromatic N) is 2. The van der Waals surface area contributed by atoms with Crippen LogP contribution < -0.4 is 4.90 Å². The van der Waals surface area contributed by atoms with Crippen molar-refractivity contribution in [2.75, 3.05) is 11.9 Å². The first-order chi connectivity index (χ1) is 14.5. The van der Waals surface area contributed by atoms with Gasteiger partial charge in [-0.3, -0.25) is 4.99 Å². The molecule has 0 bridgehead atoms. The molecule has 0 fully saturated rings. The molecule has 3 aromatic rings. The Bertz CT molecular complexity index is 1060. The lowest BCUT2D eigenvalue weighted by Gasteiger charge is -2.23. The van der Waals surface area contributed by atoms with Crippen molar-refractivity contribution in [3.8, 4) is 0 Å². The molecule has 0 aliphatic rings. The van der Waals surface area contributed by atoms with Gasteiger partial charge in [-0.15, -0.1) is 0 Å². The molecule has 3 rings (SSSR count). The van der Waals surface area contributed by atoms with Crippen LogP contribution in [0.4, 0.5) is 15.8 Å². The minimum absolute atomic E-state index is 0.254. The number of hydrogen-bond donors (Lipinski definition) is 0. The molecule has 3 heteroatoms. The van der Waals surface area contributed by atoms with Gasteiger partial charge in [-0.25, -0.2) is 4.39 Å². The fourth-order valence-corrected chi connectivity index (χ4v) is 3.36. The van der Waals surface area contributed by atoms with E-state index in [1.807, 2.05) is 11.1 Å². The zero-order valence-electron chi connectivity index (χ0n) is 17.8. The van der Waals surface area contributed by atoms with Crippen LogP contribution in [0.1, 0.15) is 22.3 Å². The molecule has 0 heterocycles. The average Bonchev–Trinajstić information content (AvgIpc) is 2.75. The highest BCUT2D eigenvalue weighted by molar-refractivity contribution is 5.86. The fourth-order valence-electron chi connectivity index (χ4n) is 3.36. The van der Waals surface area contributed by atoms with Crippen molar-refractivity contribution >= 4 is 23.2 Å². The van der Waals surface area contributed by atoms with Crippen molar-refractivity contribution in [1.82, 2.24) is 0 Å². The third-order valence-corrected chi connectivity index (χ3v) is 5.07.